The van der Waals surface area contributed by atoms with Crippen LogP contribution in [0.25, 0.3) is 6.08 Å². The molecule has 0 heterocycles. The molecule has 7 nitrogen and oxygen atoms in total. The molecule has 1 unspecified atom stereocenters. The number of nitrogens with one attached hydrogen (secondary N) is 1. The first-order valence-electron chi connectivity index (χ1n) is 10.5. The molecule has 0 aliphatic rings. The Morgan fingerprint density at radius 1 is 1.00 bits per heavy atom. The molecule has 1 N–H and O–H groups in total. The average molecular weight is 486 g/mol. The van der Waals surface area contributed by atoms with Gasteiger partial charge in [-0.25, -0.2) is 0 Å². The van der Waals surface area contributed by atoms with E-state index < -0.39 is 29.6 Å². The fourth-order valence-electron chi connectivity index (χ4n) is 3.18. The number of hydrogen-bond donors (Lipinski definition) is 1. The Kier molecular flexibility index (Phi) is 8.78. The number of carbonyl (C=O) groups excluding carboxylic acids is 3. The minimum absolute atomic E-state index is 0.0880. The number of alkyl halides is 3. The molecule has 0 saturated carbocycles. The van der Waals surface area contributed by atoms with Crippen molar-refractivity contribution >= 4 is 23.8 Å². The molecule has 0 bridgehead atoms. The zero-order chi connectivity index (χ0) is 26.3. The summed E-state index contributed by atoms with van der Waals surface area (Å²) in [5.74, 6) is -1.68. The summed E-state index contributed by atoms with van der Waals surface area (Å²) in [5, 5.41) is 12.1. The normalized spacial score (nSPS) is 12.3. The summed E-state index contributed by atoms with van der Waals surface area (Å²) in [7, 11) is 6.08. The molecule has 0 radical (unpaired) electrons. The number of amides is 3. The monoisotopic (exact) mass is 486 g/mol. The summed E-state index contributed by atoms with van der Waals surface area (Å²) in [6.07, 6.45) is -3.33. The summed E-state index contributed by atoms with van der Waals surface area (Å²) >= 11 is 0. The molecule has 35 heavy (non-hydrogen) atoms. The number of nitriles is 1. The predicted octanol–water partition coefficient (Wildman–Crippen LogP) is 3.13. The van der Waals surface area contributed by atoms with Crippen LogP contribution in [-0.4, -0.2) is 61.8 Å². The zero-order valence-electron chi connectivity index (χ0n) is 19.7. The fraction of sp³-hybridized carbons (Fsp3) is 0.280. The van der Waals surface area contributed by atoms with Crippen LogP contribution in [-0.2, 0) is 22.2 Å². The van der Waals surface area contributed by atoms with Crippen molar-refractivity contribution in [2.75, 3.05) is 28.2 Å². The van der Waals surface area contributed by atoms with Crippen LogP contribution in [0.15, 0.2) is 54.1 Å². The molecule has 1 atom stereocenters. The van der Waals surface area contributed by atoms with Gasteiger partial charge in [-0.1, -0.05) is 30.3 Å². The van der Waals surface area contributed by atoms with E-state index in [0.29, 0.717) is 11.1 Å². The summed E-state index contributed by atoms with van der Waals surface area (Å²) in [6.45, 7) is 0. The largest absolute Gasteiger partial charge is 0.416 e. The Balaban J connectivity index is 2.33. The SMILES string of the molecule is CN(C)C(=O)c1ccccc1/C=C(\C#N)C(=O)NC(Cc1ccc(C(F)(F)F)cc1)C(=O)N(C)C. The topological polar surface area (TPSA) is 93.5 Å². The third-order valence-electron chi connectivity index (χ3n) is 5.03. The Labute approximate surface area is 201 Å². The van der Waals surface area contributed by atoms with Gasteiger partial charge < -0.3 is 15.1 Å². The van der Waals surface area contributed by atoms with Gasteiger partial charge in [-0.3, -0.25) is 14.4 Å². The van der Waals surface area contributed by atoms with Gasteiger partial charge in [0.1, 0.15) is 17.7 Å². The molecule has 2 aromatic carbocycles. The lowest BCUT2D eigenvalue weighted by Gasteiger charge is -2.22. The van der Waals surface area contributed by atoms with Gasteiger partial charge in [-0.2, -0.15) is 18.4 Å². The van der Waals surface area contributed by atoms with Crippen molar-refractivity contribution in [3.05, 3.63) is 76.4 Å². The van der Waals surface area contributed by atoms with E-state index in [0.717, 1.165) is 12.1 Å². The van der Waals surface area contributed by atoms with Crippen LogP contribution in [0.5, 0.6) is 0 Å². The number of halogens is 3. The van der Waals surface area contributed by atoms with Crippen molar-refractivity contribution in [3.8, 4) is 6.07 Å². The van der Waals surface area contributed by atoms with E-state index in [9.17, 15) is 32.8 Å². The fourth-order valence-corrected chi connectivity index (χ4v) is 3.18. The third-order valence-corrected chi connectivity index (χ3v) is 5.03. The first-order valence-corrected chi connectivity index (χ1v) is 10.5. The second-order valence-electron chi connectivity index (χ2n) is 8.11. The minimum Gasteiger partial charge on any atom is -0.347 e. The Morgan fingerprint density at radius 3 is 2.11 bits per heavy atom. The molecule has 3 amide bonds. The lowest BCUT2D eigenvalue weighted by Crippen LogP contribution is -2.47. The summed E-state index contributed by atoms with van der Waals surface area (Å²) in [5.41, 5.74) is -0.155. The van der Waals surface area contributed by atoms with Gasteiger partial charge in [-0.15, -0.1) is 0 Å². The van der Waals surface area contributed by atoms with E-state index in [-0.39, 0.29) is 23.5 Å². The van der Waals surface area contributed by atoms with Crippen molar-refractivity contribution in [3.63, 3.8) is 0 Å². The van der Waals surface area contributed by atoms with Crippen molar-refractivity contribution in [1.82, 2.24) is 15.1 Å². The summed E-state index contributed by atoms with van der Waals surface area (Å²) in [6, 6.07) is 11.3. The maximum Gasteiger partial charge on any atom is 0.416 e. The van der Waals surface area contributed by atoms with Crippen LogP contribution in [0, 0.1) is 11.3 Å². The number of likely N-dealkylation sites (N-methyl/N-ethyl adjacent to an activating group) is 1. The van der Waals surface area contributed by atoms with E-state index in [1.54, 1.807) is 44.4 Å². The van der Waals surface area contributed by atoms with Crippen molar-refractivity contribution in [1.29, 1.82) is 5.26 Å². The Bertz CT molecular complexity index is 1160. The molecule has 0 fully saturated rings. The molecule has 2 aromatic rings. The maximum atomic E-state index is 12.9. The molecular formula is C25H25F3N4O3. The molecule has 0 aliphatic carbocycles. The first-order chi connectivity index (χ1) is 16.3. The lowest BCUT2D eigenvalue weighted by molar-refractivity contribution is -0.137. The van der Waals surface area contributed by atoms with Crippen LogP contribution in [0.1, 0.15) is 27.0 Å². The van der Waals surface area contributed by atoms with Gasteiger partial charge in [0.15, 0.2) is 0 Å². The summed E-state index contributed by atoms with van der Waals surface area (Å²) < 4.78 is 38.5. The lowest BCUT2D eigenvalue weighted by atomic mass is 10.0. The van der Waals surface area contributed by atoms with Crippen molar-refractivity contribution in [2.45, 2.75) is 18.6 Å². The molecule has 0 aliphatic heterocycles. The molecule has 0 aromatic heterocycles. The first kappa shape index (κ1) is 27.1. The third kappa shape index (κ3) is 7.17. The number of hydrogen-bond acceptors (Lipinski definition) is 4. The molecule has 10 heteroatoms. The molecule has 0 saturated heterocycles. The smallest absolute Gasteiger partial charge is 0.347 e. The highest BCUT2D eigenvalue weighted by Gasteiger charge is 2.30. The van der Waals surface area contributed by atoms with E-state index in [2.05, 4.69) is 5.32 Å². The quantitative estimate of drug-likeness (QED) is 0.481. The average Bonchev–Trinajstić information content (AvgIpc) is 2.80. The van der Waals surface area contributed by atoms with Gasteiger partial charge in [0.05, 0.1) is 5.56 Å². The van der Waals surface area contributed by atoms with Crippen LogP contribution in [0.4, 0.5) is 13.2 Å². The van der Waals surface area contributed by atoms with E-state index in [1.807, 2.05) is 0 Å². The standard InChI is InChI=1S/C25H25F3N4O3/c1-31(2)23(34)20-8-6-5-7-17(20)14-18(15-29)22(33)30-21(24(35)32(3)4)13-16-9-11-19(12-10-16)25(26,27)28/h5-12,14,21H,13H2,1-4H3,(H,30,33)/b18-14+. The molecular weight excluding hydrogens is 461 g/mol. The van der Waals surface area contributed by atoms with Gasteiger partial charge in [0.25, 0.3) is 11.8 Å². The number of rotatable bonds is 7. The Hall–Kier alpha value is -4.13. The zero-order valence-corrected chi connectivity index (χ0v) is 19.7. The van der Waals surface area contributed by atoms with Crippen molar-refractivity contribution in [2.24, 2.45) is 0 Å². The van der Waals surface area contributed by atoms with Crippen molar-refractivity contribution < 1.29 is 27.6 Å². The second-order valence-corrected chi connectivity index (χ2v) is 8.11. The maximum absolute atomic E-state index is 12.9. The number of benzene rings is 2. The highest BCUT2D eigenvalue weighted by atomic mass is 19.4. The molecule has 184 valence electrons. The Morgan fingerprint density at radius 2 is 1.60 bits per heavy atom. The number of nitrogens with zero attached hydrogens (tertiary/aromatic N) is 3. The van der Waals surface area contributed by atoms with E-state index in [1.165, 1.54) is 42.1 Å². The van der Waals surface area contributed by atoms with Crippen LogP contribution in [0.3, 0.4) is 0 Å². The van der Waals surface area contributed by atoms with Crippen LogP contribution >= 0.6 is 0 Å². The van der Waals surface area contributed by atoms with Crippen LogP contribution in [0.2, 0.25) is 0 Å². The second kappa shape index (κ2) is 11.3. The van der Waals surface area contributed by atoms with E-state index in [4.69, 9.17) is 0 Å². The molecule has 2 rings (SSSR count). The number of carbonyl (C=O) groups is 3. The van der Waals surface area contributed by atoms with Gasteiger partial charge in [-0.05, 0) is 35.4 Å². The van der Waals surface area contributed by atoms with Gasteiger partial charge in [0, 0.05) is 40.2 Å². The minimum atomic E-state index is -4.50. The van der Waals surface area contributed by atoms with Crippen LogP contribution < -0.4 is 5.32 Å². The van der Waals surface area contributed by atoms with Gasteiger partial charge in [0.2, 0.25) is 5.91 Å². The summed E-state index contributed by atoms with van der Waals surface area (Å²) in [4.78, 5) is 40.6. The van der Waals surface area contributed by atoms with E-state index >= 15 is 0 Å². The predicted molar refractivity (Wildman–Crippen MR) is 124 cm³/mol. The highest BCUT2D eigenvalue weighted by Crippen LogP contribution is 2.29. The highest BCUT2D eigenvalue weighted by molar-refractivity contribution is 6.05. The van der Waals surface area contributed by atoms with Gasteiger partial charge >= 0.3 is 6.18 Å². The molecule has 0 spiro atoms.